The second-order valence-corrected chi connectivity index (χ2v) is 6.24. The van der Waals surface area contributed by atoms with E-state index in [0.29, 0.717) is 23.2 Å². The third kappa shape index (κ3) is 4.67. The monoisotopic (exact) mass is 394 g/mol. The first-order valence-electron chi connectivity index (χ1n) is 8.73. The number of rotatable bonds is 5. The van der Waals surface area contributed by atoms with Crippen LogP contribution in [0.4, 0.5) is 0 Å². The maximum atomic E-state index is 12.2. The van der Waals surface area contributed by atoms with Crippen LogP contribution in [0.5, 0.6) is 11.5 Å². The van der Waals surface area contributed by atoms with Crippen molar-refractivity contribution in [3.63, 3.8) is 0 Å². The van der Waals surface area contributed by atoms with E-state index in [-0.39, 0.29) is 11.5 Å². The first-order chi connectivity index (χ1) is 13.8. The van der Waals surface area contributed by atoms with E-state index in [1.165, 1.54) is 26.1 Å². The molecule has 29 heavy (non-hydrogen) atoms. The molecule has 0 spiro atoms. The van der Waals surface area contributed by atoms with Gasteiger partial charge in [-0.15, -0.1) is 0 Å². The topological polar surface area (TPSA) is 111 Å². The fraction of sp³-hybridized carbons (Fsp3) is 0.143. The Morgan fingerprint density at radius 2 is 1.59 bits per heavy atom. The van der Waals surface area contributed by atoms with Crippen molar-refractivity contribution in [1.29, 1.82) is 0 Å². The largest absolute Gasteiger partial charge is 0.423 e. The summed E-state index contributed by atoms with van der Waals surface area (Å²) >= 11 is 0. The smallest absolute Gasteiger partial charge is 0.308 e. The SMILES string of the molecule is CC(=O)Oc1ccc(CNC=C2C(=O)NC(=O)c3ccccc32)cc1OC(C)=O. The minimum absolute atomic E-state index is 0.117. The van der Waals surface area contributed by atoms with E-state index < -0.39 is 23.8 Å². The zero-order valence-corrected chi connectivity index (χ0v) is 15.8. The highest BCUT2D eigenvalue weighted by Gasteiger charge is 2.26. The number of hydrogen-bond donors (Lipinski definition) is 2. The third-order valence-corrected chi connectivity index (χ3v) is 4.00. The summed E-state index contributed by atoms with van der Waals surface area (Å²) < 4.78 is 10.1. The van der Waals surface area contributed by atoms with Crippen molar-refractivity contribution in [3.8, 4) is 11.5 Å². The minimum Gasteiger partial charge on any atom is -0.423 e. The van der Waals surface area contributed by atoms with Gasteiger partial charge in [-0.2, -0.15) is 0 Å². The number of benzene rings is 2. The first-order valence-corrected chi connectivity index (χ1v) is 8.73. The Kier molecular flexibility index (Phi) is 5.73. The molecule has 1 heterocycles. The summed E-state index contributed by atoms with van der Waals surface area (Å²) in [6.45, 7) is 2.78. The van der Waals surface area contributed by atoms with Gasteiger partial charge in [-0.3, -0.25) is 24.5 Å². The van der Waals surface area contributed by atoms with Crippen LogP contribution >= 0.6 is 0 Å². The Hall–Kier alpha value is -3.94. The molecule has 0 saturated heterocycles. The second kappa shape index (κ2) is 8.39. The number of carbonyl (C=O) groups is 4. The van der Waals surface area contributed by atoms with Gasteiger partial charge in [0.05, 0.1) is 5.57 Å². The quantitative estimate of drug-likeness (QED) is 0.345. The van der Waals surface area contributed by atoms with Gasteiger partial charge in [0.15, 0.2) is 11.5 Å². The van der Waals surface area contributed by atoms with E-state index in [4.69, 9.17) is 9.47 Å². The fourth-order valence-corrected chi connectivity index (χ4v) is 2.83. The Labute approximate surface area is 166 Å². The molecule has 2 aromatic carbocycles. The lowest BCUT2D eigenvalue weighted by molar-refractivity contribution is -0.134. The molecule has 2 amide bonds. The molecule has 8 heteroatoms. The summed E-state index contributed by atoms with van der Waals surface area (Å²) in [4.78, 5) is 46.6. The molecule has 0 atom stereocenters. The van der Waals surface area contributed by atoms with Crippen molar-refractivity contribution < 1.29 is 28.7 Å². The maximum absolute atomic E-state index is 12.2. The summed E-state index contributed by atoms with van der Waals surface area (Å²) in [7, 11) is 0. The molecule has 148 valence electrons. The normalized spacial score (nSPS) is 14.1. The van der Waals surface area contributed by atoms with E-state index in [1.807, 2.05) is 0 Å². The molecule has 1 aliphatic rings. The molecule has 0 unspecified atom stereocenters. The molecule has 0 fully saturated rings. The lowest BCUT2D eigenvalue weighted by Crippen LogP contribution is -2.36. The van der Waals surface area contributed by atoms with Crippen LogP contribution < -0.4 is 20.1 Å². The first kappa shape index (κ1) is 19.8. The second-order valence-electron chi connectivity index (χ2n) is 6.24. The Morgan fingerprint density at radius 3 is 2.28 bits per heavy atom. The molecule has 8 nitrogen and oxygen atoms in total. The molecule has 0 aromatic heterocycles. The van der Waals surface area contributed by atoms with Crippen molar-refractivity contribution in [2.45, 2.75) is 20.4 Å². The molecule has 0 radical (unpaired) electrons. The Morgan fingerprint density at radius 1 is 0.931 bits per heavy atom. The molecule has 1 aliphatic heterocycles. The molecule has 0 saturated carbocycles. The predicted molar refractivity (Wildman–Crippen MR) is 103 cm³/mol. The van der Waals surface area contributed by atoms with E-state index >= 15 is 0 Å². The summed E-state index contributed by atoms with van der Waals surface area (Å²) in [6.07, 6.45) is 1.52. The highest BCUT2D eigenvalue weighted by Crippen LogP contribution is 2.29. The summed E-state index contributed by atoms with van der Waals surface area (Å²) in [5, 5.41) is 5.31. The zero-order valence-electron chi connectivity index (χ0n) is 15.8. The fourth-order valence-electron chi connectivity index (χ4n) is 2.83. The van der Waals surface area contributed by atoms with Crippen molar-refractivity contribution >= 4 is 29.3 Å². The zero-order chi connectivity index (χ0) is 21.0. The van der Waals surface area contributed by atoms with E-state index in [1.54, 1.807) is 36.4 Å². The van der Waals surface area contributed by atoms with E-state index in [0.717, 1.165) is 5.56 Å². The standard InChI is InChI=1S/C21H18N2O6/c1-12(24)28-18-8-7-14(9-19(18)29-13(2)25)10-22-11-17-15-5-3-4-6-16(15)20(26)23-21(17)27/h3-9,11,22H,10H2,1-2H3,(H,23,26,27). The number of amides is 2. The van der Waals surface area contributed by atoms with Crippen molar-refractivity contribution in [2.24, 2.45) is 0 Å². The summed E-state index contributed by atoms with van der Waals surface area (Å²) in [5.74, 6) is -1.77. The van der Waals surface area contributed by atoms with E-state index in [2.05, 4.69) is 10.6 Å². The Balaban J connectivity index is 1.80. The minimum atomic E-state index is -0.550. The molecule has 2 N–H and O–H groups in total. The lowest BCUT2D eigenvalue weighted by atomic mass is 9.96. The van der Waals surface area contributed by atoms with Gasteiger partial charge in [-0.05, 0) is 23.8 Å². The Bertz CT molecular complexity index is 1040. The molecular weight excluding hydrogens is 376 g/mol. The van der Waals surface area contributed by atoms with Gasteiger partial charge in [0.25, 0.3) is 11.8 Å². The average molecular weight is 394 g/mol. The molecular formula is C21H18N2O6. The highest BCUT2D eigenvalue weighted by atomic mass is 16.6. The number of hydrogen-bond acceptors (Lipinski definition) is 7. The van der Waals surface area contributed by atoms with Crippen LogP contribution in [0.25, 0.3) is 5.57 Å². The third-order valence-electron chi connectivity index (χ3n) is 4.00. The number of esters is 2. The van der Waals surface area contributed by atoms with Crippen LogP contribution in [-0.4, -0.2) is 23.8 Å². The highest BCUT2D eigenvalue weighted by molar-refractivity contribution is 6.30. The van der Waals surface area contributed by atoms with E-state index in [9.17, 15) is 19.2 Å². The van der Waals surface area contributed by atoms with Gasteiger partial charge in [0.1, 0.15) is 0 Å². The average Bonchev–Trinajstić information content (AvgIpc) is 2.65. The van der Waals surface area contributed by atoms with Gasteiger partial charge in [0, 0.05) is 37.7 Å². The van der Waals surface area contributed by atoms with Gasteiger partial charge in [-0.1, -0.05) is 24.3 Å². The van der Waals surface area contributed by atoms with Gasteiger partial charge in [0.2, 0.25) is 0 Å². The summed E-state index contributed by atoms with van der Waals surface area (Å²) in [5.41, 5.74) is 2.01. The van der Waals surface area contributed by atoms with Crippen molar-refractivity contribution in [2.75, 3.05) is 0 Å². The summed E-state index contributed by atoms with van der Waals surface area (Å²) in [6, 6.07) is 11.6. The number of imide groups is 1. The van der Waals surface area contributed by atoms with Crippen LogP contribution in [0.1, 0.15) is 35.3 Å². The van der Waals surface area contributed by atoms with Crippen LogP contribution in [0, 0.1) is 0 Å². The van der Waals surface area contributed by atoms with Gasteiger partial charge >= 0.3 is 11.9 Å². The molecule has 0 aliphatic carbocycles. The van der Waals surface area contributed by atoms with Crippen LogP contribution in [0.2, 0.25) is 0 Å². The predicted octanol–water partition coefficient (Wildman–Crippen LogP) is 1.94. The van der Waals surface area contributed by atoms with Crippen LogP contribution in [-0.2, 0) is 20.9 Å². The molecule has 2 aromatic rings. The van der Waals surface area contributed by atoms with Gasteiger partial charge < -0.3 is 14.8 Å². The number of carbonyl (C=O) groups excluding carboxylic acids is 4. The molecule has 3 rings (SSSR count). The maximum Gasteiger partial charge on any atom is 0.308 e. The number of fused-ring (bicyclic) bond motifs is 1. The van der Waals surface area contributed by atoms with Crippen molar-refractivity contribution in [3.05, 3.63) is 65.4 Å². The number of ether oxygens (including phenoxy) is 2. The van der Waals surface area contributed by atoms with Gasteiger partial charge in [-0.25, -0.2) is 0 Å². The van der Waals surface area contributed by atoms with Crippen LogP contribution in [0.15, 0.2) is 48.7 Å². The number of nitrogens with one attached hydrogen (secondary N) is 2. The van der Waals surface area contributed by atoms with Crippen molar-refractivity contribution in [1.82, 2.24) is 10.6 Å². The van der Waals surface area contributed by atoms with Crippen LogP contribution in [0.3, 0.4) is 0 Å². The molecule has 0 bridgehead atoms. The lowest BCUT2D eigenvalue weighted by Gasteiger charge is -2.18.